The second-order valence-corrected chi connectivity index (χ2v) is 9.23. The van der Waals surface area contributed by atoms with Crippen LogP contribution in [0.15, 0.2) is 47.4 Å². The van der Waals surface area contributed by atoms with Crippen LogP contribution in [-0.2, 0) is 14.8 Å². The molecule has 1 heterocycles. The number of carbonyl (C=O) groups excluding carboxylic acids is 2. The van der Waals surface area contributed by atoms with E-state index in [1.165, 1.54) is 12.1 Å². The van der Waals surface area contributed by atoms with Gasteiger partial charge in [0.1, 0.15) is 13.2 Å². The Balaban J connectivity index is 1.31. The predicted octanol–water partition coefficient (Wildman–Crippen LogP) is 2.41. The molecule has 0 spiro atoms. The van der Waals surface area contributed by atoms with Gasteiger partial charge in [0.05, 0.1) is 4.90 Å². The molecule has 11 heteroatoms. The van der Waals surface area contributed by atoms with Crippen LogP contribution in [0, 0.1) is 0 Å². The van der Waals surface area contributed by atoms with Crippen molar-refractivity contribution in [3.63, 3.8) is 0 Å². The average molecular weight is 482 g/mol. The van der Waals surface area contributed by atoms with Gasteiger partial charge in [0.15, 0.2) is 11.5 Å². The molecule has 0 fully saturated rings. The van der Waals surface area contributed by atoms with Crippen LogP contribution in [0.2, 0.25) is 5.02 Å². The fraction of sp³-hybridized carbons (Fsp3) is 0.333. The van der Waals surface area contributed by atoms with E-state index in [0.717, 1.165) is 0 Å². The maximum absolute atomic E-state index is 12.4. The quantitative estimate of drug-likeness (QED) is 0.373. The van der Waals surface area contributed by atoms with Crippen LogP contribution < -0.4 is 25.0 Å². The number of hydrogen-bond donors (Lipinski definition) is 3. The minimum atomic E-state index is -3.67. The van der Waals surface area contributed by atoms with Gasteiger partial charge in [0, 0.05) is 29.6 Å². The number of sulfonamides is 1. The number of amides is 2. The summed E-state index contributed by atoms with van der Waals surface area (Å²) in [6.45, 7) is 1.05. The zero-order valence-corrected chi connectivity index (χ0v) is 18.8. The number of rotatable bonds is 9. The van der Waals surface area contributed by atoms with Gasteiger partial charge in [-0.3, -0.25) is 20.4 Å². The number of unbranched alkanes of at least 4 members (excludes halogenated alkanes) is 2. The summed E-state index contributed by atoms with van der Waals surface area (Å²) < 4.78 is 38.2. The molecule has 3 N–H and O–H groups in total. The van der Waals surface area contributed by atoms with E-state index in [1.54, 1.807) is 30.3 Å². The van der Waals surface area contributed by atoms with E-state index < -0.39 is 15.9 Å². The lowest BCUT2D eigenvalue weighted by molar-refractivity contribution is -0.122. The molecule has 9 nitrogen and oxygen atoms in total. The van der Waals surface area contributed by atoms with Crippen LogP contribution in [0.25, 0.3) is 0 Å². The minimum Gasteiger partial charge on any atom is -0.486 e. The standard InChI is InChI=1S/C21H24ClN3O6S/c22-16-7-5-15(6-8-16)21(27)25-24-20(26)4-2-1-3-11-23-32(28,29)17-9-10-18-19(14-17)31-13-12-30-18/h5-10,14,23H,1-4,11-13H2,(H,24,26)(H,25,27). The summed E-state index contributed by atoms with van der Waals surface area (Å²) in [5, 5.41) is 0.513. The van der Waals surface area contributed by atoms with Crippen molar-refractivity contribution in [2.45, 2.75) is 30.6 Å². The predicted molar refractivity (Wildman–Crippen MR) is 118 cm³/mol. The largest absolute Gasteiger partial charge is 0.486 e. The molecule has 172 valence electrons. The summed E-state index contributed by atoms with van der Waals surface area (Å²) >= 11 is 5.77. The second-order valence-electron chi connectivity index (χ2n) is 7.02. The molecule has 2 aromatic carbocycles. The van der Waals surface area contributed by atoms with Crippen molar-refractivity contribution in [1.82, 2.24) is 15.6 Å². The molecule has 0 aromatic heterocycles. The Hall–Kier alpha value is -2.82. The molecule has 0 bridgehead atoms. The number of hydrazine groups is 1. The van der Waals surface area contributed by atoms with Crippen molar-refractivity contribution in [1.29, 1.82) is 0 Å². The lowest BCUT2D eigenvalue weighted by Crippen LogP contribution is -2.41. The molecule has 0 radical (unpaired) electrons. The highest BCUT2D eigenvalue weighted by atomic mass is 35.5. The number of carbonyl (C=O) groups is 2. The second kappa shape index (κ2) is 11.2. The smallest absolute Gasteiger partial charge is 0.269 e. The van der Waals surface area contributed by atoms with E-state index in [2.05, 4.69) is 15.6 Å². The Morgan fingerprint density at radius 2 is 1.62 bits per heavy atom. The Morgan fingerprint density at radius 1 is 0.906 bits per heavy atom. The zero-order valence-electron chi connectivity index (χ0n) is 17.2. The van der Waals surface area contributed by atoms with Gasteiger partial charge in [0.25, 0.3) is 5.91 Å². The van der Waals surface area contributed by atoms with Gasteiger partial charge in [-0.15, -0.1) is 0 Å². The van der Waals surface area contributed by atoms with E-state index in [4.69, 9.17) is 21.1 Å². The molecule has 0 saturated heterocycles. The van der Waals surface area contributed by atoms with E-state index in [9.17, 15) is 18.0 Å². The van der Waals surface area contributed by atoms with E-state index in [-0.39, 0.29) is 23.8 Å². The van der Waals surface area contributed by atoms with Gasteiger partial charge in [-0.25, -0.2) is 13.1 Å². The van der Waals surface area contributed by atoms with Crippen molar-refractivity contribution in [3.8, 4) is 11.5 Å². The zero-order chi connectivity index (χ0) is 23.0. The number of benzene rings is 2. The maximum atomic E-state index is 12.4. The highest BCUT2D eigenvalue weighted by Gasteiger charge is 2.19. The lowest BCUT2D eigenvalue weighted by atomic mass is 10.2. The molecule has 3 rings (SSSR count). The van der Waals surface area contributed by atoms with Crippen molar-refractivity contribution in [3.05, 3.63) is 53.1 Å². The Labute approximate surface area is 191 Å². The van der Waals surface area contributed by atoms with Gasteiger partial charge >= 0.3 is 0 Å². The molecule has 2 amide bonds. The first-order chi connectivity index (χ1) is 15.3. The first kappa shape index (κ1) is 23.8. The molecular formula is C21H24ClN3O6S. The SMILES string of the molecule is O=C(CCCCCNS(=O)(=O)c1ccc2c(c1)OCCO2)NNC(=O)c1ccc(Cl)cc1. The van der Waals surface area contributed by atoms with Gasteiger partial charge in [-0.1, -0.05) is 18.0 Å². The fourth-order valence-corrected chi connectivity index (χ4v) is 4.15. The van der Waals surface area contributed by atoms with Crippen LogP contribution in [0.4, 0.5) is 0 Å². The average Bonchev–Trinajstić information content (AvgIpc) is 2.79. The van der Waals surface area contributed by atoms with Gasteiger partial charge in [-0.2, -0.15) is 0 Å². The molecule has 0 saturated carbocycles. The number of halogens is 1. The van der Waals surface area contributed by atoms with Crippen molar-refractivity contribution in [2.24, 2.45) is 0 Å². The van der Waals surface area contributed by atoms with E-state index in [1.807, 2.05) is 0 Å². The first-order valence-electron chi connectivity index (χ1n) is 10.1. The third-order valence-corrected chi connectivity index (χ3v) is 6.33. The number of ether oxygens (including phenoxy) is 2. The monoisotopic (exact) mass is 481 g/mol. The third kappa shape index (κ3) is 6.84. The summed E-state index contributed by atoms with van der Waals surface area (Å²) in [4.78, 5) is 23.9. The van der Waals surface area contributed by atoms with Gasteiger partial charge in [-0.05, 0) is 49.2 Å². The van der Waals surface area contributed by atoms with Gasteiger partial charge in [0.2, 0.25) is 15.9 Å². The topological polar surface area (TPSA) is 123 Å². The molecule has 32 heavy (non-hydrogen) atoms. The van der Waals surface area contributed by atoms with Crippen LogP contribution in [0.5, 0.6) is 11.5 Å². The van der Waals surface area contributed by atoms with Crippen molar-refractivity contribution in [2.75, 3.05) is 19.8 Å². The van der Waals surface area contributed by atoms with Crippen molar-refractivity contribution >= 4 is 33.4 Å². The number of nitrogens with one attached hydrogen (secondary N) is 3. The fourth-order valence-electron chi connectivity index (χ4n) is 2.93. The molecule has 1 aliphatic rings. The van der Waals surface area contributed by atoms with E-state index >= 15 is 0 Å². The van der Waals surface area contributed by atoms with E-state index in [0.29, 0.717) is 54.6 Å². The number of hydrogen-bond acceptors (Lipinski definition) is 6. The van der Waals surface area contributed by atoms with Crippen LogP contribution in [0.3, 0.4) is 0 Å². The first-order valence-corrected chi connectivity index (χ1v) is 12.0. The normalized spacial score (nSPS) is 12.8. The molecule has 0 aliphatic carbocycles. The minimum absolute atomic E-state index is 0.109. The third-order valence-electron chi connectivity index (χ3n) is 4.62. The van der Waals surface area contributed by atoms with Crippen LogP contribution >= 0.6 is 11.6 Å². The van der Waals surface area contributed by atoms with Crippen LogP contribution in [-0.4, -0.2) is 40.0 Å². The lowest BCUT2D eigenvalue weighted by Gasteiger charge is -2.18. The molecule has 0 unspecified atom stereocenters. The maximum Gasteiger partial charge on any atom is 0.269 e. The summed E-state index contributed by atoms with van der Waals surface area (Å²) in [5.41, 5.74) is 5.06. The Morgan fingerprint density at radius 3 is 2.38 bits per heavy atom. The summed E-state index contributed by atoms with van der Waals surface area (Å²) in [6, 6.07) is 10.8. The highest BCUT2D eigenvalue weighted by Crippen LogP contribution is 2.32. The Kier molecular flexibility index (Phi) is 8.32. The molecule has 2 aromatic rings. The van der Waals surface area contributed by atoms with Crippen LogP contribution in [0.1, 0.15) is 36.0 Å². The van der Waals surface area contributed by atoms with Crippen molar-refractivity contribution < 1.29 is 27.5 Å². The number of fused-ring (bicyclic) bond motifs is 1. The van der Waals surface area contributed by atoms with Gasteiger partial charge < -0.3 is 9.47 Å². The molecule has 0 atom stereocenters. The Bertz CT molecular complexity index is 1060. The molecular weight excluding hydrogens is 458 g/mol. The molecule has 1 aliphatic heterocycles. The summed E-state index contributed by atoms with van der Waals surface area (Å²) in [6.07, 6.45) is 1.96. The summed E-state index contributed by atoms with van der Waals surface area (Å²) in [5.74, 6) is 0.166. The highest BCUT2D eigenvalue weighted by molar-refractivity contribution is 7.89. The summed E-state index contributed by atoms with van der Waals surface area (Å²) in [7, 11) is -3.67.